The van der Waals surface area contributed by atoms with Crippen LogP contribution in [0.5, 0.6) is 5.75 Å². The fourth-order valence-electron chi connectivity index (χ4n) is 2.18. The van der Waals surface area contributed by atoms with E-state index in [-0.39, 0.29) is 17.9 Å². The van der Waals surface area contributed by atoms with E-state index in [4.69, 9.17) is 4.74 Å². The lowest BCUT2D eigenvalue weighted by Gasteiger charge is -2.14. The van der Waals surface area contributed by atoms with Gasteiger partial charge in [0.05, 0.1) is 23.9 Å². The molecule has 5 nitrogen and oxygen atoms in total. The molecule has 2 rings (SSSR count). The van der Waals surface area contributed by atoms with Crippen LogP contribution in [0.25, 0.3) is 0 Å². The number of hydrogen-bond donors (Lipinski definition) is 2. The van der Waals surface area contributed by atoms with Crippen molar-refractivity contribution in [2.45, 2.75) is 19.9 Å². The summed E-state index contributed by atoms with van der Waals surface area (Å²) in [4.78, 5) is 24.9. The third-order valence-electron chi connectivity index (χ3n) is 3.25. The molecule has 2 aromatic rings. The molecule has 2 N–H and O–H groups in total. The maximum Gasteiger partial charge on any atom is 0.259 e. The van der Waals surface area contributed by atoms with Gasteiger partial charge in [0, 0.05) is 10.5 Å². The summed E-state index contributed by atoms with van der Waals surface area (Å²) in [5.74, 6) is -0.125. The highest BCUT2D eigenvalue weighted by Gasteiger charge is 2.17. The zero-order valence-corrected chi connectivity index (χ0v) is 15.3. The average Bonchev–Trinajstić information content (AvgIpc) is 2.54. The van der Waals surface area contributed by atoms with Crippen molar-refractivity contribution in [3.8, 4) is 5.75 Å². The van der Waals surface area contributed by atoms with Crippen LogP contribution < -0.4 is 15.4 Å². The van der Waals surface area contributed by atoms with E-state index < -0.39 is 0 Å². The molecule has 0 bridgehead atoms. The van der Waals surface area contributed by atoms with Crippen LogP contribution in [-0.4, -0.2) is 25.0 Å². The normalized spacial score (nSPS) is 10.4. The highest BCUT2D eigenvalue weighted by molar-refractivity contribution is 9.10. The first-order valence-electron chi connectivity index (χ1n) is 7.47. The second-order valence-electron chi connectivity index (χ2n) is 5.47. The lowest BCUT2D eigenvalue weighted by molar-refractivity contribution is 0.0944. The van der Waals surface area contributed by atoms with Gasteiger partial charge in [0.25, 0.3) is 11.8 Å². The Morgan fingerprint density at radius 2 is 1.75 bits per heavy atom. The molecule has 0 aliphatic carbocycles. The molecule has 0 radical (unpaired) electrons. The van der Waals surface area contributed by atoms with Crippen LogP contribution in [0.4, 0.5) is 5.69 Å². The Bertz CT molecular complexity index is 760. The summed E-state index contributed by atoms with van der Waals surface area (Å²) < 4.78 is 5.99. The zero-order chi connectivity index (χ0) is 17.7. The molecule has 0 aliphatic rings. The lowest BCUT2D eigenvalue weighted by atomic mass is 10.1. The Labute approximate surface area is 149 Å². The van der Waals surface area contributed by atoms with Crippen molar-refractivity contribution in [1.29, 1.82) is 0 Å². The first-order chi connectivity index (χ1) is 11.4. The fraction of sp³-hybridized carbons (Fsp3) is 0.222. The summed E-state index contributed by atoms with van der Waals surface area (Å²) in [5, 5.41) is 5.60. The zero-order valence-electron chi connectivity index (χ0n) is 13.7. The molecule has 0 atom stereocenters. The van der Waals surface area contributed by atoms with Crippen molar-refractivity contribution in [2.24, 2.45) is 0 Å². The number of carbonyl (C=O) groups excluding carboxylic acids is 2. The first kappa shape index (κ1) is 18.0. The quantitative estimate of drug-likeness (QED) is 0.814. The van der Waals surface area contributed by atoms with Crippen molar-refractivity contribution in [1.82, 2.24) is 5.32 Å². The van der Waals surface area contributed by atoms with Crippen molar-refractivity contribution < 1.29 is 14.3 Å². The van der Waals surface area contributed by atoms with Crippen molar-refractivity contribution in [3.05, 3.63) is 58.1 Å². The van der Waals surface area contributed by atoms with Crippen LogP contribution in [0.2, 0.25) is 0 Å². The van der Waals surface area contributed by atoms with Gasteiger partial charge in [0.2, 0.25) is 0 Å². The number of amides is 2. The summed E-state index contributed by atoms with van der Waals surface area (Å²) >= 11 is 3.34. The van der Waals surface area contributed by atoms with Crippen LogP contribution >= 0.6 is 15.9 Å². The Kier molecular flexibility index (Phi) is 5.98. The maximum absolute atomic E-state index is 12.6. The van der Waals surface area contributed by atoms with Crippen LogP contribution in [0.1, 0.15) is 34.6 Å². The average molecular weight is 391 g/mol. The third kappa shape index (κ3) is 4.35. The Balaban J connectivity index is 2.30. The molecule has 24 heavy (non-hydrogen) atoms. The van der Waals surface area contributed by atoms with Crippen LogP contribution in [0, 0.1) is 0 Å². The van der Waals surface area contributed by atoms with Crippen LogP contribution in [-0.2, 0) is 0 Å². The minimum atomic E-state index is -0.349. The molecule has 0 heterocycles. The summed E-state index contributed by atoms with van der Waals surface area (Å²) in [5.41, 5.74) is 1.24. The van der Waals surface area contributed by atoms with Crippen LogP contribution in [0.3, 0.4) is 0 Å². The van der Waals surface area contributed by atoms with E-state index in [1.807, 2.05) is 13.8 Å². The van der Waals surface area contributed by atoms with Gasteiger partial charge in [0.15, 0.2) is 0 Å². The number of methoxy groups -OCH3 is 1. The third-order valence-corrected chi connectivity index (χ3v) is 3.74. The van der Waals surface area contributed by atoms with Crippen molar-refractivity contribution in [2.75, 3.05) is 12.4 Å². The first-order valence-corrected chi connectivity index (χ1v) is 8.26. The number of benzene rings is 2. The van der Waals surface area contributed by atoms with Crippen molar-refractivity contribution >= 4 is 33.4 Å². The van der Waals surface area contributed by atoms with Gasteiger partial charge >= 0.3 is 0 Å². The molecular formula is C18H19BrN2O3. The number of carbonyl (C=O) groups is 2. The SMILES string of the molecule is COc1ccc(Br)cc1C(=O)Nc1ccccc1C(=O)NC(C)C. The van der Waals surface area contributed by atoms with E-state index in [0.29, 0.717) is 22.6 Å². The topological polar surface area (TPSA) is 67.4 Å². The number of rotatable bonds is 5. The second-order valence-corrected chi connectivity index (χ2v) is 6.39. The summed E-state index contributed by atoms with van der Waals surface area (Å²) in [6, 6.07) is 12.1. The maximum atomic E-state index is 12.6. The predicted molar refractivity (Wildman–Crippen MR) is 97.7 cm³/mol. The smallest absolute Gasteiger partial charge is 0.259 e. The van der Waals surface area contributed by atoms with Crippen molar-refractivity contribution in [3.63, 3.8) is 0 Å². The Morgan fingerprint density at radius 3 is 2.42 bits per heavy atom. The highest BCUT2D eigenvalue weighted by Crippen LogP contribution is 2.25. The Hall–Kier alpha value is -2.34. The molecular weight excluding hydrogens is 372 g/mol. The van der Waals surface area contributed by atoms with Gasteiger partial charge in [-0.3, -0.25) is 9.59 Å². The second kappa shape index (κ2) is 7.97. The molecule has 0 saturated heterocycles. The largest absolute Gasteiger partial charge is 0.496 e. The molecule has 2 aromatic carbocycles. The number of anilines is 1. The summed E-state index contributed by atoms with van der Waals surface area (Å²) in [7, 11) is 1.50. The highest BCUT2D eigenvalue weighted by atomic mass is 79.9. The van der Waals surface area contributed by atoms with Crippen LogP contribution in [0.15, 0.2) is 46.9 Å². The minimum Gasteiger partial charge on any atom is -0.496 e. The number of nitrogens with one attached hydrogen (secondary N) is 2. The number of hydrogen-bond acceptors (Lipinski definition) is 3. The molecule has 0 fully saturated rings. The van der Waals surface area contributed by atoms with Gasteiger partial charge in [-0.15, -0.1) is 0 Å². The van der Waals surface area contributed by atoms with E-state index in [1.54, 1.807) is 42.5 Å². The van der Waals surface area contributed by atoms with E-state index >= 15 is 0 Å². The van der Waals surface area contributed by atoms with Gasteiger partial charge in [-0.05, 0) is 44.2 Å². The number of para-hydroxylation sites is 1. The molecule has 2 amide bonds. The van der Waals surface area contributed by atoms with E-state index in [0.717, 1.165) is 4.47 Å². The summed E-state index contributed by atoms with van der Waals surface area (Å²) in [6.07, 6.45) is 0. The molecule has 6 heteroatoms. The molecule has 0 saturated carbocycles. The molecule has 0 spiro atoms. The Morgan fingerprint density at radius 1 is 1.04 bits per heavy atom. The monoisotopic (exact) mass is 390 g/mol. The van der Waals surface area contributed by atoms with Gasteiger partial charge in [-0.2, -0.15) is 0 Å². The van der Waals surface area contributed by atoms with E-state index in [2.05, 4.69) is 26.6 Å². The van der Waals surface area contributed by atoms with E-state index in [9.17, 15) is 9.59 Å². The molecule has 0 aromatic heterocycles. The fourth-order valence-corrected chi connectivity index (χ4v) is 2.54. The minimum absolute atomic E-state index is 0.00595. The standard InChI is InChI=1S/C18H19BrN2O3/c1-11(2)20-17(22)13-6-4-5-7-15(13)21-18(23)14-10-12(19)8-9-16(14)24-3/h4-11H,1-3H3,(H,20,22)(H,21,23). The number of halogens is 1. The van der Waals surface area contributed by atoms with Gasteiger partial charge in [-0.1, -0.05) is 28.1 Å². The predicted octanol–water partition coefficient (Wildman–Crippen LogP) is 3.85. The molecule has 126 valence electrons. The van der Waals surface area contributed by atoms with Gasteiger partial charge in [0.1, 0.15) is 5.75 Å². The van der Waals surface area contributed by atoms with Gasteiger partial charge in [-0.25, -0.2) is 0 Å². The van der Waals surface area contributed by atoms with E-state index in [1.165, 1.54) is 7.11 Å². The summed E-state index contributed by atoms with van der Waals surface area (Å²) in [6.45, 7) is 3.76. The number of ether oxygens (including phenoxy) is 1. The molecule has 0 aliphatic heterocycles. The molecule has 0 unspecified atom stereocenters. The van der Waals surface area contributed by atoms with Gasteiger partial charge < -0.3 is 15.4 Å². The lowest BCUT2D eigenvalue weighted by Crippen LogP contribution is -2.31.